The van der Waals surface area contributed by atoms with E-state index < -0.39 is 34.5 Å². The molecule has 0 aromatic heterocycles. The maximum absolute atomic E-state index is 12.1. The van der Waals surface area contributed by atoms with Crippen LogP contribution in [-0.4, -0.2) is 57.4 Å². The maximum atomic E-state index is 12.1. The Morgan fingerprint density at radius 2 is 0.932 bits per heavy atom. The van der Waals surface area contributed by atoms with Crippen LogP contribution in [0, 0.1) is 0 Å². The summed E-state index contributed by atoms with van der Waals surface area (Å²) in [5, 5.41) is 11.6. The Hall–Kier alpha value is -3.41. The highest BCUT2D eigenvalue weighted by Crippen LogP contribution is 2.22. The van der Waals surface area contributed by atoms with Crippen LogP contribution in [0.5, 0.6) is 0 Å². The fraction of sp³-hybridized carbons (Fsp3) is 0.314. The monoisotopic (exact) mass is 620 g/mol. The fourth-order valence-electron chi connectivity index (χ4n) is 4.54. The molecular weight excluding hydrogens is 580 g/mol. The van der Waals surface area contributed by atoms with Gasteiger partial charge in [0, 0.05) is 0 Å². The number of rotatable bonds is 19. The molecule has 0 spiro atoms. The molecule has 9 heteroatoms. The van der Waals surface area contributed by atoms with E-state index >= 15 is 0 Å². The van der Waals surface area contributed by atoms with Gasteiger partial charge in [-0.25, -0.2) is 0 Å². The lowest BCUT2D eigenvalue weighted by molar-refractivity contribution is -0.192. The van der Waals surface area contributed by atoms with Crippen molar-refractivity contribution in [3.8, 4) is 0 Å². The molecule has 0 saturated carbocycles. The summed E-state index contributed by atoms with van der Waals surface area (Å²) < 4.78 is 54.4. The minimum atomic E-state index is -3.81. The van der Waals surface area contributed by atoms with Gasteiger partial charge in [-0.1, -0.05) is 121 Å². The molecule has 0 aliphatic carbocycles. The smallest absolute Gasteiger partial charge is 0.264 e. The highest BCUT2D eigenvalue weighted by atomic mass is 32.2. The molecule has 0 saturated heterocycles. The zero-order valence-electron chi connectivity index (χ0n) is 24.8. The average molecular weight is 621 g/mol. The van der Waals surface area contributed by atoms with Crippen LogP contribution in [0.1, 0.15) is 22.3 Å². The zero-order valence-corrected chi connectivity index (χ0v) is 25.6. The second-order valence-electron chi connectivity index (χ2n) is 10.4. The fourth-order valence-corrected chi connectivity index (χ4v) is 4.93. The molecule has 4 atom stereocenters. The molecule has 44 heavy (non-hydrogen) atoms. The largest absolute Gasteiger partial charge is 0.388 e. The van der Waals surface area contributed by atoms with Crippen LogP contribution < -0.4 is 0 Å². The number of benzene rings is 4. The Kier molecular flexibility index (Phi) is 13.5. The lowest BCUT2D eigenvalue weighted by Gasteiger charge is -2.35. The quantitative estimate of drug-likeness (QED) is 0.141. The van der Waals surface area contributed by atoms with Gasteiger partial charge in [-0.05, 0) is 22.3 Å². The SMILES string of the molecule is CS(=O)(=O)OC[C@H](OCc1ccccc1)[C@@H](OCc1ccccc1)[C@H](OCc1ccccc1)[C@H](O)COCc1ccccc1. The topological polar surface area (TPSA) is 101 Å². The predicted octanol–water partition coefficient (Wildman–Crippen LogP) is 5.30. The molecular formula is C35H40O8S. The predicted molar refractivity (Wildman–Crippen MR) is 168 cm³/mol. The van der Waals surface area contributed by atoms with Gasteiger partial charge < -0.3 is 24.1 Å². The molecule has 8 nitrogen and oxygen atoms in total. The van der Waals surface area contributed by atoms with E-state index in [0.29, 0.717) is 6.61 Å². The molecule has 0 unspecified atom stereocenters. The summed E-state index contributed by atoms with van der Waals surface area (Å²) in [6.07, 6.45) is -3.02. The van der Waals surface area contributed by atoms with E-state index in [1.54, 1.807) is 0 Å². The Bertz CT molecular complexity index is 1440. The second kappa shape index (κ2) is 17.8. The van der Waals surface area contributed by atoms with Crippen molar-refractivity contribution in [2.45, 2.75) is 50.8 Å². The first-order valence-corrected chi connectivity index (χ1v) is 16.3. The van der Waals surface area contributed by atoms with E-state index in [1.807, 2.05) is 121 Å². The van der Waals surface area contributed by atoms with Crippen molar-refractivity contribution in [1.82, 2.24) is 0 Å². The van der Waals surface area contributed by atoms with Crippen molar-refractivity contribution in [2.75, 3.05) is 19.5 Å². The van der Waals surface area contributed by atoms with Gasteiger partial charge in [0.05, 0.1) is 45.9 Å². The molecule has 0 heterocycles. The number of aliphatic hydroxyl groups is 1. The molecule has 0 bridgehead atoms. The third-order valence-corrected chi connectivity index (χ3v) is 7.36. The number of hydrogen-bond acceptors (Lipinski definition) is 8. The van der Waals surface area contributed by atoms with E-state index in [9.17, 15) is 13.5 Å². The van der Waals surface area contributed by atoms with Gasteiger partial charge in [0.1, 0.15) is 24.4 Å². The molecule has 0 aliphatic rings. The van der Waals surface area contributed by atoms with Crippen molar-refractivity contribution in [3.63, 3.8) is 0 Å². The standard InChI is InChI=1S/C35H40O8S/c1-44(37,38)43-27-33(40-23-29-16-8-3-9-17-29)35(42-25-31-20-12-5-13-21-31)34(41-24-30-18-10-4-11-19-30)32(36)26-39-22-28-14-6-2-7-15-28/h2-21,32-36H,22-27H2,1H3/t32-,33+,34-,35-/m1/s1. The van der Waals surface area contributed by atoms with Crippen LogP contribution in [0.3, 0.4) is 0 Å². The minimum absolute atomic E-state index is 0.0577. The summed E-state index contributed by atoms with van der Waals surface area (Å²) in [6.45, 7) is 0.398. The number of hydrogen-bond donors (Lipinski definition) is 1. The van der Waals surface area contributed by atoms with Crippen molar-refractivity contribution < 1.29 is 36.7 Å². The lowest BCUT2D eigenvalue weighted by atomic mass is 10.0. The average Bonchev–Trinajstić information content (AvgIpc) is 3.04. The Morgan fingerprint density at radius 3 is 1.36 bits per heavy atom. The zero-order chi connectivity index (χ0) is 31.0. The second-order valence-corrected chi connectivity index (χ2v) is 12.1. The molecule has 234 valence electrons. The van der Waals surface area contributed by atoms with E-state index in [0.717, 1.165) is 28.5 Å². The molecule has 0 aliphatic heterocycles. The van der Waals surface area contributed by atoms with E-state index in [2.05, 4.69) is 0 Å². The Labute approximate surface area is 260 Å². The van der Waals surface area contributed by atoms with Crippen molar-refractivity contribution in [3.05, 3.63) is 144 Å². The highest BCUT2D eigenvalue weighted by Gasteiger charge is 2.38. The van der Waals surface area contributed by atoms with Crippen LogP contribution in [0.2, 0.25) is 0 Å². The summed E-state index contributed by atoms with van der Waals surface area (Å²) in [4.78, 5) is 0. The first kappa shape index (κ1) is 33.5. The molecule has 0 fully saturated rings. The van der Waals surface area contributed by atoms with Crippen LogP contribution in [0.25, 0.3) is 0 Å². The van der Waals surface area contributed by atoms with Crippen molar-refractivity contribution >= 4 is 10.1 Å². The summed E-state index contributed by atoms with van der Waals surface area (Å²) in [5.41, 5.74) is 3.63. The first-order valence-electron chi connectivity index (χ1n) is 14.5. The van der Waals surface area contributed by atoms with Gasteiger partial charge in [0.2, 0.25) is 0 Å². The van der Waals surface area contributed by atoms with Gasteiger partial charge in [-0.2, -0.15) is 8.42 Å². The number of aliphatic hydroxyl groups excluding tert-OH is 1. The molecule has 0 radical (unpaired) electrons. The Morgan fingerprint density at radius 1 is 0.545 bits per heavy atom. The highest BCUT2D eigenvalue weighted by molar-refractivity contribution is 7.85. The molecule has 4 rings (SSSR count). The van der Waals surface area contributed by atoms with Gasteiger partial charge >= 0.3 is 0 Å². The molecule has 4 aromatic carbocycles. The molecule has 4 aromatic rings. The third kappa shape index (κ3) is 11.9. The van der Waals surface area contributed by atoms with Crippen LogP contribution in [0.15, 0.2) is 121 Å². The van der Waals surface area contributed by atoms with Gasteiger partial charge in [0.15, 0.2) is 0 Å². The normalized spacial score (nSPS) is 14.5. The molecule has 1 N–H and O–H groups in total. The van der Waals surface area contributed by atoms with Gasteiger partial charge in [-0.15, -0.1) is 0 Å². The summed E-state index contributed by atoms with van der Waals surface area (Å²) in [7, 11) is -3.81. The van der Waals surface area contributed by atoms with Crippen LogP contribution in [0.4, 0.5) is 0 Å². The lowest BCUT2D eigenvalue weighted by Crippen LogP contribution is -2.51. The van der Waals surface area contributed by atoms with Crippen molar-refractivity contribution in [2.24, 2.45) is 0 Å². The summed E-state index contributed by atoms with van der Waals surface area (Å²) in [6, 6.07) is 38.3. The van der Waals surface area contributed by atoms with Crippen LogP contribution >= 0.6 is 0 Å². The number of ether oxygens (including phenoxy) is 4. The minimum Gasteiger partial charge on any atom is -0.388 e. The van der Waals surface area contributed by atoms with E-state index in [-0.39, 0.29) is 33.0 Å². The van der Waals surface area contributed by atoms with Crippen molar-refractivity contribution in [1.29, 1.82) is 0 Å². The maximum Gasteiger partial charge on any atom is 0.264 e. The summed E-state index contributed by atoms with van der Waals surface area (Å²) in [5.74, 6) is 0. The van der Waals surface area contributed by atoms with Gasteiger partial charge in [0.25, 0.3) is 10.1 Å². The summed E-state index contributed by atoms with van der Waals surface area (Å²) >= 11 is 0. The first-order chi connectivity index (χ1) is 21.4. The van der Waals surface area contributed by atoms with Gasteiger partial charge in [-0.3, -0.25) is 4.18 Å². The third-order valence-electron chi connectivity index (χ3n) is 6.79. The van der Waals surface area contributed by atoms with Crippen LogP contribution in [-0.2, 0) is 59.7 Å². The molecule has 0 amide bonds. The van der Waals surface area contributed by atoms with E-state index in [1.165, 1.54) is 0 Å². The Balaban J connectivity index is 1.61. The van der Waals surface area contributed by atoms with E-state index in [4.69, 9.17) is 23.1 Å².